The number of imidazole rings is 1. The molecule has 3 aliphatic rings. The second-order valence-electron chi connectivity index (χ2n) is 20.9. The summed E-state index contributed by atoms with van der Waals surface area (Å²) in [5, 5.41) is 2.53. The van der Waals surface area contributed by atoms with Crippen LogP contribution in [-0.4, -0.2) is 139 Å². The quantitative estimate of drug-likeness (QED) is 0.0259. The molecular formula is C53H65N11O21P2. The van der Waals surface area contributed by atoms with Gasteiger partial charge in [-0.3, -0.25) is 80.3 Å². The number of hydrogen-bond acceptors (Lipinski definition) is 23. The summed E-state index contributed by atoms with van der Waals surface area (Å²) in [6.45, 7) is 24.1. The third-order valence-corrected chi connectivity index (χ3v) is 17.3. The highest BCUT2D eigenvalue weighted by Gasteiger charge is 2.49. The fraction of sp³-hybridized carbons (Fsp3) is 0.547. The van der Waals surface area contributed by atoms with Gasteiger partial charge in [0.15, 0.2) is 17.8 Å². The molecule has 0 spiro atoms. The number of nitrogens with zero attached hydrogens (tertiary/aromatic N) is 7. The molecule has 1 aromatic carbocycles. The van der Waals surface area contributed by atoms with Crippen LogP contribution in [0.15, 0.2) is 54.8 Å². The molecule has 0 radical (unpaired) electrons. The van der Waals surface area contributed by atoms with Gasteiger partial charge in [0, 0.05) is 48.7 Å². The Morgan fingerprint density at radius 1 is 0.701 bits per heavy atom. The zero-order chi connectivity index (χ0) is 63.1. The van der Waals surface area contributed by atoms with Gasteiger partial charge in [-0.25, -0.2) is 46.4 Å². The van der Waals surface area contributed by atoms with Crippen molar-refractivity contribution < 1.29 is 74.3 Å². The Bertz CT molecular complexity index is 3870. The first-order chi connectivity index (χ1) is 41.3. The molecule has 87 heavy (non-hydrogen) atoms. The fourth-order valence-electron chi connectivity index (χ4n) is 9.50. The molecule has 3 saturated heterocycles. The standard InChI is InChI=1S/C53H65N11O21P2/c1-11-34-36(19-41(80-34)63-22-31(7)48(68)61-53(63)72)84-86(73,76-14-12-54-9)79-24-39-37(20-42(82-39)64-26-56-44-45(64)57-51(59-49(44)69)58-46(66)27(2)3)85-87(74,77-15-13-55-10)78-23-38-35(18-40(81-38)62-21-30(6)47(67)60-52(62)71)83-43(65)25-75-50(70)33-16-28(4)32(8)29(5)17-33/h16-17,21-22,26-27,34-42H,11-15,18-20,23-25H2,1-8H3,(H,60,67,71)(H,61,68,72)(H2,57,58,59,66,69). The van der Waals surface area contributed by atoms with Crippen molar-refractivity contribution >= 4 is 50.6 Å². The van der Waals surface area contributed by atoms with Crippen molar-refractivity contribution in [2.75, 3.05) is 51.4 Å². The molecule has 32 nitrogen and oxygen atoms in total. The van der Waals surface area contributed by atoms with Crippen LogP contribution in [-0.2, 0) is 69.5 Å². The molecule has 4 aromatic heterocycles. The number of esters is 2. The molecule has 0 saturated carbocycles. The Labute approximate surface area is 494 Å². The van der Waals surface area contributed by atoms with Crippen molar-refractivity contribution in [3.8, 4) is 0 Å². The predicted octanol–water partition coefficient (Wildman–Crippen LogP) is 4.29. The number of rotatable bonds is 26. The van der Waals surface area contributed by atoms with E-state index in [-0.39, 0.29) is 72.6 Å². The minimum absolute atomic E-state index is 0.104. The average molecular weight is 1250 g/mol. The van der Waals surface area contributed by atoms with Crippen LogP contribution in [0.4, 0.5) is 5.95 Å². The molecule has 0 aliphatic carbocycles. The highest BCUT2D eigenvalue weighted by molar-refractivity contribution is 7.48. The predicted molar refractivity (Wildman–Crippen MR) is 302 cm³/mol. The number of phosphoric ester groups is 2. The second kappa shape index (κ2) is 28.1. The highest BCUT2D eigenvalue weighted by atomic mass is 31.2. The number of carbonyl (C=O) groups excluding carboxylic acids is 3. The zero-order valence-electron chi connectivity index (χ0n) is 48.5. The summed E-state index contributed by atoms with van der Waals surface area (Å²) < 4.78 is 99.0. The monoisotopic (exact) mass is 1250 g/mol. The summed E-state index contributed by atoms with van der Waals surface area (Å²) in [7, 11) is -9.89. The highest BCUT2D eigenvalue weighted by Crippen LogP contribution is 2.56. The van der Waals surface area contributed by atoms with Gasteiger partial charge in [0.25, 0.3) is 16.7 Å². The number of aromatic amines is 3. The number of benzene rings is 1. The topological polar surface area (TPSA) is 381 Å². The van der Waals surface area contributed by atoms with E-state index in [1.807, 2.05) is 20.8 Å². The summed E-state index contributed by atoms with van der Waals surface area (Å²) in [6.07, 6.45) is -7.92. The number of nitrogens with one attached hydrogen (secondary N) is 4. The molecular weight excluding hydrogens is 1190 g/mol. The van der Waals surface area contributed by atoms with Gasteiger partial charge >= 0.3 is 39.0 Å². The van der Waals surface area contributed by atoms with E-state index >= 15 is 4.57 Å². The van der Waals surface area contributed by atoms with Crippen LogP contribution in [0.25, 0.3) is 20.9 Å². The summed E-state index contributed by atoms with van der Waals surface area (Å²) >= 11 is 0. The van der Waals surface area contributed by atoms with E-state index in [1.54, 1.807) is 32.9 Å². The van der Waals surface area contributed by atoms with E-state index in [9.17, 15) is 42.9 Å². The van der Waals surface area contributed by atoms with Crippen LogP contribution in [0.5, 0.6) is 0 Å². The average Bonchev–Trinajstić information content (AvgIpc) is 1.81. The van der Waals surface area contributed by atoms with Gasteiger partial charge in [0.05, 0.1) is 37.3 Å². The first kappa shape index (κ1) is 65.4. The molecule has 0 bridgehead atoms. The maximum atomic E-state index is 15.2. The molecule has 7 heterocycles. The normalized spacial score (nSPS) is 23.2. The minimum Gasteiger partial charge on any atom is -0.457 e. The SMILES string of the molecule is [C-]#[N+]CCOP(=O)(OCC1OC(n2cnc3c(=O)[nH]c(NC(=O)C(C)C)nc32)CC1OP(=O)(OCC[N+]#[C-])OCC1OC(n2cc(C)c(=O)[nH]c2=O)CC1OC(=O)COC(=O)c1cc(C)c(C)c(C)c1)OC1CC(n2cc(C)c(=O)[nH]c2=O)OC1CC. The second-order valence-corrected chi connectivity index (χ2v) is 24.1. The Morgan fingerprint density at radius 2 is 1.20 bits per heavy atom. The summed E-state index contributed by atoms with van der Waals surface area (Å²) in [5.74, 6) is -3.11. The maximum absolute atomic E-state index is 15.2. The number of anilines is 1. The number of ether oxygens (including phenoxy) is 5. The van der Waals surface area contributed by atoms with Crippen molar-refractivity contribution in [2.45, 2.75) is 136 Å². The summed E-state index contributed by atoms with van der Waals surface area (Å²) in [6, 6.07) is 3.22. The number of aryl methyl sites for hydroxylation is 4. The minimum atomic E-state index is -5.06. The molecule has 4 N–H and O–H groups in total. The van der Waals surface area contributed by atoms with Gasteiger partial charge in [-0.05, 0) is 69.9 Å². The molecule has 3 aliphatic heterocycles. The van der Waals surface area contributed by atoms with Gasteiger partial charge in [0.1, 0.15) is 56.3 Å². The third kappa shape index (κ3) is 15.8. The van der Waals surface area contributed by atoms with Gasteiger partial charge < -0.3 is 33.4 Å². The third-order valence-electron chi connectivity index (χ3n) is 14.4. The Hall–Kier alpha value is -7.58. The summed E-state index contributed by atoms with van der Waals surface area (Å²) in [5.41, 5.74) is -0.902. The lowest BCUT2D eigenvalue weighted by Gasteiger charge is -2.27. The van der Waals surface area contributed by atoms with E-state index in [0.717, 1.165) is 25.8 Å². The molecule has 8 rings (SSSR count). The van der Waals surface area contributed by atoms with Gasteiger partial charge in [-0.15, -0.1) is 0 Å². The molecule has 5 aromatic rings. The number of carbonyl (C=O) groups is 3. The Kier molecular flexibility index (Phi) is 21.1. The van der Waals surface area contributed by atoms with Crippen LogP contribution in [0, 0.1) is 53.7 Å². The number of phosphoric acid groups is 2. The van der Waals surface area contributed by atoms with E-state index in [2.05, 4.69) is 39.9 Å². The fourth-order valence-corrected chi connectivity index (χ4v) is 12.3. The number of amides is 1. The molecule has 468 valence electrons. The van der Waals surface area contributed by atoms with Crippen LogP contribution >= 0.6 is 15.6 Å². The first-order valence-electron chi connectivity index (χ1n) is 27.5. The lowest BCUT2D eigenvalue weighted by Crippen LogP contribution is -2.34. The lowest BCUT2D eigenvalue weighted by molar-refractivity contribution is -0.156. The van der Waals surface area contributed by atoms with Gasteiger partial charge in [0.2, 0.25) is 24.9 Å². The van der Waals surface area contributed by atoms with Crippen LogP contribution in [0.2, 0.25) is 0 Å². The molecule has 1 amide bonds. The van der Waals surface area contributed by atoms with Crippen LogP contribution in [0.1, 0.15) is 103 Å². The molecule has 11 atom stereocenters. The number of hydrogen-bond donors (Lipinski definition) is 4. The van der Waals surface area contributed by atoms with Gasteiger partial charge in [-0.2, -0.15) is 4.98 Å². The lowest BCUT2D eigenvalue weighted by atomic mass is 10.0. The number of aromatic nitrogens is 8. The van der Waals surface area contributed by atoms with Crippen molar-refractivity contribution in [2.24, 2.45) is 5.92 Å². The molecule has 3 fully saturated rings. The smallest absolute Gasteiger partial charge is 0.457 e. The Morgan fingerprint density at radius 3 is 1.71 bits per heavy atom. The van der Waals surface area contributed by atoms with Crippen LogP contribution < -0.4 is 33.4 Å². The summed E-state index contributed by atoms with van der Waals surface area (Å²) in [4.78, 5) is 125. The van der Waals surface area contributed by atoms with E-state index in [4.69, 9.17) is 64.0 Å². The van der Waals surface area contributed by atoms with E-state index in [0.29, 0.717) is 0 Å². The molecule has 34 heteroatoms. The van der Waals surface area contributed by atoms with Crippen LogP contribution in [0.3, 0.4) is 0 Å². The van der Waals surface area contributed by atoms with Crippen molar-refractivity contribution in [3.05, 3.63) is 139 Å². The largest absolute Gasteiger partial charge is 0.475 e. The van der Waals surface area contributed by atoms with Crippen molar-refractivity contribution in [1.82, 2.24) is 38.6 Å². The zero-order valence-corrected chi connectivity index (χ0v) is 50.3. The van der Waals surface area contributed by atoms with Gasteiger partial charge in [-0.1, -0.05) is 20.8 Å². The van der Waals surface area contributed by atoms with E-state index < -0.39 is 156 Å². The Balaban J connectivity index is 1.09. The van der Waals surface area contributed by atoms with E-state index in [1.165, 1.54) is 37.1 Å². The number of fused-ring (bicyclic) bond motifs is 1. The van der Waals surface area contributed by atoms with Crippen molar-refractivity contribution in [3.63, 3.8) is 0 Å². The molecule has 11 unspecified atom stereocenters. The maximum Gasteiger partial charge on any atom is 0.475 e. The first-order valence-corrected chi connectivity index (χ1v) is 30.4. The van der Waals surface area contributed by atoms with Crippen molar-refractivity contribution in [1.29, 1.82) is 0 Å². The number of H-pyrrole nitrogens is 3.